The van der Waals surface area contributed by atoms with Gasteiger partial charge in [0.1, 0.15) is 6.61 Å². The van der Waals surface area contributed by atoms with E-state index in [1.807, 2.05) is 6.07 Å². The number of rotatable bonds is 3. The van der Waals surface area contributed by atoms with Crippen LogP contribution in [-0.2, 0) is 16.1 Å². The van der Waals surface area contributed by atoms with Crippen molar-refractivity contribution in [2.75, 3.05) is 13.1 Å². The van der Waals surface area contributed by atoms with Crippen molar-refractivity contribution in [3.63, 3.8) is 0 Å². The second-order valence-electron chi connectivity index (χ2n) is 4.52. The van der Waals surface area contributed by atoms with Crippen molar-refractivity contribution in [2.45, 2.75) is 19.4 Å². The lowest BCUT2D eigenvalue weighted by atomic mass is 9.97. The lowest BCUT2D eigenvalue weighted by Crippen LogP contribution is -2.40. The number of carbonyl (C=O) groups is 2. The van der Waals surface area contributed by atoms with Gasteiger partial charge in [0.25, 0.3) is 0 Å². The Morgan fingerprint density at radius 1 is 1.42 bits per heavy atom. The van der Waals surface area contributed by atoms with Crippen molar-refractivity contribution in [1.82, 2.24) is 9.88 Å². The summed E-state index contributed by atoms with van der Waals surface area (Å²) in [6, 6.07) is 3.61. The molecule has 1 amide bonds. The van der Waals surface area contributed by atoms with Gasteiger partial charge in [-0.25, -0.2) is 4.79 Å². The number of amides is 1. The number of carboxylic acids is 1. The quantitative estimate of drug-likeness (QED) is 0.895. The summed E-state index contributed by atoms with van der Waals surface area (Å²) in [6.07, 6.45) is 3.87. The Labute approximate surface area is 111 Å². The molecule has 0 aromatic carbocycles. The van der Waals surface area contributed by atoms with Crippen LogP contribution >= 0.6 is 0 Å². The first kappa shape index (κ1) is 13.3. The van der Waals surface area contributed by atoms with E-state index >= 15 is 0 Å². The summed E-state index contributed by atoms with van der Waals surface area (Å²) in [6.45, 7) is 1.05. The molecule has 1 aromatic heterocycles. The second-order valence-corrected chi connectivity index (χ2v) is 4.52. The molecule has 0 saturated carbocycles. The van der Waals surface area contributed by atoms with E-state index in [1.165, 1.54) is 0 Å². The predicted octanol–water partition coefficient (Wildman–Crippen LogP) is 1.51. The van der Waals surface area contributed by atoms with Gasteiger partial charge < -0.3 is 14.7 Å². The minimum atomic E-state index is -0.789. The van der Waals surface area contributed by atoms with E-state index in [0.29, 0.717) is 25.9 Å². The Hall–Kier alpha value is -2.11. The fraction of sp³-hybridized carbons (Fsp3) is 0.462. The van der Waals surface area contributed by atoms with Crippen molar-refractivity contribution in [1.29, 1.82) is 0 Å². The van der Waals surface area contributed by atoms with Crippen molar-refractivity contribution in [2.24, 2.45) is 5.92 Å². The van der Waals surface area contributed by atoms with Crippen LogP contribution in [0, 0.1) is 5.92 Å². The molecule has 1 fully saturated rings. The van der Waals surface area contributed by atoms with Crippen LogP contribution < -0.4 is 0 Å². The Balaban J connectivity index is 1.77. The van der Waals surface area contributed by atoms with Gasteiger partial charge in [0.05, 0.1) is 5.92 Å². The first-order chi connectivity index (χ1) is 9.16. The molecular formula is C13H16N2O4. The number of hydrogen-bond donors (Lipinski definition) is 1. The predicted molar refractivity (Wildman–Crippen MR) is 66.4 cm³/mol. The monoisotopic (exact) mass is 264 g/mol. The zero-order valence-electron chi connectivity index (χ0n) is 10.5. The minimum Gasteiger partial charge on any atom is -0.481 e. The highest BCUT2D eigenvalue weighted by atomic mass is 16.6. The van der Waals surface area contributed by atoms with E-state index in [-0.39, 0.29) is 12.5 Å². The second kappa shape index (κ2) is 6.17. The standard InChI is InChI=1S/C13H16N2O4/c16-12(17)11-3-6-15(7-4-11)13(18)19-9-10-2-1-5-14-8-10/h1-2,5,8,11H,3-4,6-7,9H2,(H,16,17). The van der Waals surface area contributed by atoms with Crippen LogP contribution in [-0.4, -0.2) is 40.1 Å². The number of carboxylic acid groups (broad SMARTS) is 1. The summed E-state index contributed by atoms with van der Waals surface area (Å²) in [4.78, 5) is 28.1. The van der Waals surface area contributed by atoms with Crippen molar-refractivity contribution >= 4 is 12.1 Å². The molecule has 19 heavy (non-hydrogen) atoms. The molecule has 102 valence electrons. The molecule has 2 heterocycles. The van der Waals surface area contributed by atoms with E-state index in [0.717, 1.165) is 5.56 Å². The Morgan fingerprint density at radius 2 is 2.16 bits per heavy atom. The number of aliphatic carboxylic acids is 1. The van der Waals surface area contributed by atoms with E-state index in [4.69, 9.17) is 9.84 Å². The number of aromatic nitrogens is 1. The highest BCUT2D eigenvalue weighted by Crippen LogP contribution is 2.18. The molecule has 1 saturated heterocycles. The van der Waals surface area contributed by atoms with E-state index < -0.39 is 12.1 Å². The highest BCUT2D eigenvalue weighted by molar-refractivity contribution is 5.71. The first-order valence-corrected chi connectivity index (χ1v) is 6.20. The van der Waals surface area contributed by atoms with E-state index in [1.54, 1.807) is 23.4 Å². The third kappa shape index (κ3) is 3.67. The molecule has 0 spiro atoms. The smallest absolute Gasteiger partial charge is 0.410 e. The Morgan fingerprint density at radius 3 is 2.74 bits per heavy atom. The minimum absolute atomic E-state index is 0.186. The third-order valence-electron chi connectivity index (χ3n) is 3.19. The molecule has 0 radical (unpaired) electrons. The van der Waals surface area contributed by atoms with Crippen molar-refractivity contribution < 1.29 is 19.4 Å². The first-order valence-electron chi connectivity index (χ1n) is 6.20. The summed E-state index contributed by atoms with van der Waals surface area (Å²) < 4.78 is 5.16. The summed E-state index contributed by atoms with van der Waals surface area (Å²) in [5, 5.41) is 8.87. The molecule has 0 aliphatic carbocycles. The van der Waals surface area contributed by atoms with E-state index in [9.17, 15) is 9.59 Å². The largest absolute Gasteiger partial charge is 0.481 e. The number of nitrogens with zero attached hydrogens (tertiary/aromatic N) is 2. The van der Waals surface area contributed by atoms with Crippen molar-refractivity contribution in [3.8, 4) is 0 Å². The van der Waals surface area contributed by atoms with Crippen LogP contribution in [0.3, 0.4) is 0 Å². The van der Waals surface area contributed by atoms with Gasteiger partial charge in [-0.05, 0) is 18.9 Å². The molecule has 1 aliphatic rings. The van der Waals surface area contributed by atoms with Crippen molar-refractivity contribution in [3.05, 3.63) is 30.1 Å². The number of likely N-dealkylation sites (tertiary alicyclic amines) is 1. The van der Waals surface area contributed by atoms with Gasteiger partial charge in [0, 0.05) is 31.0 Å². The molecule has 0 atom stereocenters. The Bertz CT molecular complexity index is 441. The molecule has 1 N–H and O–H groups in total. The van der Waals surface area contributed by atoms with Crippen LogP contribution in [0.4, 0.5) is 4.79 Å². The van der Waals surface area contributed by atoms with Crippen LogP contribution in [0.15, 0.2) is 24.5 Å². The lowest BCUT2D eigenvalue weighted by Gasteiger charge is -2.29. The summed E-state index contributed by atoms with van der Waals surface area (Å²) >= 11 is 0. The fourth-order valence-corrected chi connectivity index (χ4v) is 2.03. The number of carbonyl (C=O) groups excluding carboxylic acids is 1. The summed E-state index contributed by atoms with van der Waals surface area (Å²) in [5.74, 6) is -1.13. The normalized spacial score (nSPS) is 16.1. The topological polar surface area (TPSA) is 79.7 Å². The molecule has 2 rings (SSSR count). The fourth-order valence-electron chi connectivity index (χ4n) is 2.03. The van der Waals surface area contributed by atoms with Gasteiger partial charge in [-0.2, -0.15) is 0 Å². The number of pyridine rings is 1. The van der Waals surface area contributed by atoms with Gasteiger partial charge in [-0.15, -0.1) is 0 Å². The lowest BCUT2D eigenvalue weighted by molar-refractivity contribution is -0.143. The van der Waals surface area contributed by atoms with Crippen LogP contribution in [0.1, 0.15) is 18.4 Å². The van der Waals surface area contributed by atoms with Gasteiger partial charge >= 0.3 is 12.1 Å². The molecule has 0 unspecified atom stereocenters. The van der Waals surface area contributed by atoms with Gasteiger partial charge in [0.15, 0.2) is 0 Å². The van der Waals surface area contributed by atoms with Gasteiger partial charge in [0.2, 0.25) is 0 Å². The average Bonchev–Trinajstić information content (AvgIpc) is 2.46. The SMILES string of the molecule is O=C(O)C1CCN(C(=O)OCc2cccnc2)CC1. The maximum atomic E-state index is 11.8. The number of hydrogen-bond acceptors (Lipinski definition) is 4. The third-order valence-corrected chi connectivity index (χ3v) is 3.19. The zero-order chi connectivity index (χ0) is 13.7. The molecular weight excluding hydrogens is 248 g/mol. The van der Waals surface area contributed by atoms with Crippen LogP contribution in [0.5, 0.6) is 0 Å². The molecule has 6 heteroatoms. The molecule has 0 bridgehead atoms. The van der Waals surface area contributed by atoms with E-state index in [2.05, 4.69) is 4.98 Å². The summed E-state index contributed by atoms with van der Waals surface area (Å²) in [7, 11) is 0. The Kier molecular flexibility index (Phi) is 4.33. The average molecular weight is 264 g/mol. The van der Waals surface area contributed by atoms with Gasteiger partial charge in [-0.1, -0.05) is 6.07 Å². The maximum Gasteiger partial charge on any atom is 0.410 e. The van der Waals surface area contributed by atoms with Gasteiger partial charge in [-0.3, -0.25) is 9.78 Å². The number of ether oxygens (including phenoxy) is 1. The zero-order valence-corrected chi connectivity index (χ0v) is 10.5. The molecule has 1 aliphatic heterocycles. The summed E-state index contributed by atoms with van der Waals surface area (Å²) in [5.41, 5.74) is 0.830. The maximum absolute atomic E-state index is 11.8. The molecule has 1 aromatic rings. The highest BCUT2D eigenvalue weighted by Gasteiger charge is 2.27. The van der Waals surface area contributed by atoms with Crippen LogP contribution in [0.2, 0.25) is 0 Å². The van der Waals surface area contributed by atoms with Crippen LogP contribution in [0.25, 0.3) is 0 Å². The number of piperidine rings is 1. The molecule has 6 nitrogen and oxygen atoms in total.